The van der Waals surface area contributed by atoms with E-state index in [0.29, 0.717) is 22.0 Å². The van der Waals surface area contributed by atoms with Crippen LogP contribution in [0.5, 0.6) is 5.75 Å². The van der Waals surface area contributed by atoms with Crippen molar-refractivity contribution in [3.8, 4) is 11.4 Å². The highest BCUT2D eigenvalue weighted by Crippen LogP contribution is 2.20. The van der Waals surface area contributed by atoms with E-state index in [-0.39, 0.29) is 22.8 Å². The van der Waals surface area contributed by atoms with Crippen LogP contribution < -0.4 is 4.74 Å². The second kappa shape index (κ2) is 6.91. The normalized spacial score (nSPS) is 10.5. The maximum Gasteiger partial charge on any atom is 0.196 e. The molecule has 1 heterocycles. The molecule has 0 radical (unpaired) electrons. The van der Waals surface area contributed by atoms with Gasteiger partial charge >= 0.3 is 0 Å². The molecule has 0 aliphatic carbocycles. The smallest absolute Gasteiger partial charge is 0.196 e. The Hall–Kier alpha value is -2.92. The molecule has 5 nitrogen and oxygen atoms in total. The molecule has 0 amide bonds. The van der Waals surface area contributed by atoms with E-state index in [1.807, 2.05) is 0 Å². The minimum absolute atomic E-state index is 0.135. The van der Waals surface area contributed by atoms with Crippen LogP contribution in [0.25, 0.3) is 5.69 Å². The fourth-order valence-corrected chi connectivity index (χ4v) is 2.55. The number of aromatic nitrogens is 2. The van der Waals surface area contributed by atoms with Gasteiger partial charge in [0.15, 0.2) is 11.6 Å². The highest BCUT2D eigenvalue weighted by atomic mass is 35.5. The number of carbonyl (C=O) groups excluding carboxylic acids is 2. The van der Waals surface area contributed by atoms with Crippen LogP contribution in [0.1, 0.15) is 33.3 Å². The Morgan fingerprint density at radius 3 is 2.24 bits per heavy atom. The molecule has 2 aromatic carbocycles. The lowest BCUT2D eigenvalue weighted by Gasteiger charge is -2.02. The molecule has 0 unspecified atom stereocenters. The zero-order valence-electron chi connectivity index (χ0n) is 13.7. The Morgan fingerprint density at radius 2 is 1.68 bits per heavy atom. The van der Waals surface area contributed by atoms with Crippen molar-refractivity contribution in [2.75, 3.05) is 7.11 Å². The van der Waals surface area contributed by atoms with E-state index in [0.717, 1.165) is 0 Å². The van der Waals surface area contributed by atoms with Gasteiger partial charge in [-0.1, -0.05) is 11.6 Å². The summed E-state index contributed by atoms with van der Waals surface area (Å²) in [7, 11) is 1.56. The summed E-state index contributed by atoms with van der Waals surface area (Å²) >= 11 is 5.89. The molecule has 0 saturated carbocycles. The number of ether oxygens (including phenoxy) is 1. The van der Waals surface area contributed by atoms with Gasteiger partial charge in [0.2, 0.25) is 0 Å². The Morgan fingerprint density at radius 1 is 1.04 bits per heavy atom. The second-order valence-electron chi connectivity index (χ2n) is 5.43. The fraction of sp³-hybridized carbons (Fsp3) is 0.105. The zero-order chi connectivity index (χ0) is 18.0. The first-order chi connectivity index (χ1) is 12.0. The SMILES string of the molecule is COc1ccc(C(=O)c2cn(-c3ccc(Cl)cc3)nc2C(C)=O)cc1. The van der Waals surface area contributed by atoms with Crippen molar-refractivity contribution in [2.45, 2.75) is 6.92 Å². The predicted octanol–water partition coefficient (Wildman–Crippen LogP) is 3.97. The zero-order valence-corrected chi connectivity index (χ0v) is 14.4. The molecule has 0 aliphatic rings. The van der Waals surface area contributed by atoms with Crippen LogP contribution in [-0.2, 0) is 0 Å². The highest BCUT2D eigenvalue weighted by Gasteiger charge is 2.21. The maximum absolute atomic E-state index is 12.8. The summed E-state index contributed by atoms with van der Waals surface area (Å²) in [6.07, 6.45) is 1.56. The lowest BCUT2D eigenvalue weighted by molar-refractivity contribution is 0.0987. The first-order valence-electron chi connectivity index (χ1n) is 7.55. The second-order valence-corrected chi connectivity index (χ2v) is 5.86. The number of halogens is 1. The first kappa shape index (κ1) is 16.9. The standard InChI is InChI=1S/C19H15ClN2O3/c1-12(23)18-17(19(24)13-3-9-16(25-2)10-4-13)11-22(21-18)15-7-5-14(20)6-8-15/h3-11H,1-2H3. The van der Waals surface area contributed by atoms with E-state index in [1.165, 1.54) is 11.6 Å². The molecule has 0 atom stereocenters. The molecule has 1 aromatic heterocycles. The number of hydrogen-bond donors (Lipinski definition) is 0. The van der Waals surface area contributed by atoms with Gasteiger partial charge < -0.3 is 4.74 Å². The average Bonchev–Trinajstić information content (AvgIpc) is 3.07. The molecule has 0 aliphatic heterocycles. The van der Waals surface area contributed by atoms with Gasteiger partial charge in [-0.15, -0.1) is 0 Å². The lowest BCUT2D eigenvalue weighted by Crippen LogP contribution is -2.06. The summed E-state index contributed by atoms with van der Waals surface area (Å²) in [5.41, 5.74) is 1.56. The number of nitrogens with zero attached hydrogens (tertiary/aromatic N) is 2. The Balaban J connectivity index is 2.03. The number of benzene rings is 2. The van der Waals surface area contributed by atoms with E-state index in [9.17, 15) is 9.59 Å². The van der Waals surface area contributed by atoms with Crippen LogP contribution in [0.4, 0.5) is 0 Å². The molecule has 0 N–H and O–H groups in total. The fourth-order valence-electron chi connectivity index (χ4n) is 2.42. The number of carbonyl (C=O) groups is 2. The Kier molecular flexibility index (Phi) is 4.67. The van der Waals surface area contributed by atoms with Crippen LogP contribution in [0.15, 0.2) is 54.7 Å². The third kappa shape index (κ3) is 3.46. The maximum atomic E-state index is 12.8. The van der Waals surface area contributed by atoms with Crippen molar-refractivity contribution in [2.24, 2.45) is 0 Å². The molecule has 0 bridgehead atoms. The van der Waals surface area contributed by atoms with Gasteiger partial charge in [0.05, 0.1) is 18.4 Å². The highest BCUT2D eigenvalue weighted by molar-refractivity contribution is 6.30. The van der Waals surface area contributed by atoms with Crippen LogP contribution in [-0.4, -0.2) is 28.5 Å². The van der Waals surface area contributed by atoms with Crippen molar-refractivity contribution < 1.29 is 14.3 Å². The third-order valence-corrected chi connectivity index (χ3v) is 3.99. The Labute approximate surface area is 149 Å². The molecule has 3 rings (SSSR count). The summed E-state index contributed by atoms with van der Waals surface area (Å²) in [6, 6.07) is 13.7. The van der Waals surface area contributed by atoms with Gasteiger partial charge in [-0.05, 0) is 48.5 Å². The van der Waals surface area contributed by atoms with Gasteiger partial charge in [-0.25, -0.2) is 4.68 Å². The van der Waals surface area contributed by atoms with Gasteiger partial charge in [0, 0.05) is 23.7 Å². The topological polar surface area (TPSA) is 61.2 Å². The van der Waals surface area contributed by atoms with E-state index < -0.39 is 0 Å². The number of ketones is 2. The molecule has 126 valence electrons. The summed E-state index contributed by atoms with van der Waals surface area (Å²) in [4.78, 5) is 24.7. The van der Waals surface area contributed by atoms with Gasteiger partial charge in [0.1, 0.15) is 11.4 Å². The molecular formula is C19H15ClN2O3. The molecule has 0 fully saturated rings. The predicted molar refractivity (Wildman–Crippen MR) is 95.0 cm³/mol. The van der Waals surface area contributed by atoms with Crippen molar-refractivity contribution >= 4 is 23.2 Å². The number of hydrogen-bond acceptors (Lipinski definition) is 4. The minimum atomic E-state index is -0.274. The largest absolute Gasteiger partial charge is 0.497 e. The van der Waals surface area contributed by atoms with Crippen molar-refractivity contribution in [3.63, 3.8) is 0 Å². The van der Waals surface area contributed by atoms with E-state index in [1.54, 1.807) is 61.8 Å². The number of rotatable bonds is 5. The van der Waals surface area contributed by atoms with E-state index in [4.69, 9.17) is 16.3 Å². The van der Waals surface area contributed by atoms with Crippen LogP contribution in [0, 0.1) is 0 Å². The van der Waals surface area contributed by atoms with Crippen molar-refractivity contribution in [1.29, 1.82) is 0 Å². The van der Waals surface area contributed by atoms with Crippen molar-refractivity contribution in [3.05, 3.63) is 76.6 Å². The molecule has 25 heavy (non-hydrogen) atoms. The molecule has 6 heteroatoms. The van der Waals surface area contributed by atoms with Crippen molar-refractivity contribution in [1.82, 2.24) is 9.78 Å². The van der Waals surface area contributed by atoms with E-state index in [2.05, 4.69) is 5.10 Å². The molecular weight excluding hydrogens is 340 g/mol. The minimum Gasteiger partial charge on any atom is -0.497 e. The summed E-state index contributed by atoms with van der Waals surface area (Å²) in [5, 5.41) is 4.86. The van der Waals surface area contributed by atoms with Gasteiger partial charge in [-0.3, -0.25) is 9.59 Å². The van der Waals surface area contributed by atoms with Gasteiger partial charge in [0.25, 0.3) is 0 Å². The Bertz CT molecular complexity index is 928. The molecule has 0 saturated heterocycles. The van der Waals surface area contributed by atoms with E-state index >= 15 is 0 Å². The van der Waals surface area contributed by atoms with Crippen LogP contribution in [0.2, 0.25) is 5.02 Å². The van der Waals surface area contributed by atoms with Gasteiger partial charge in [-0.2, -0.15) is 5.10 Å². The van der Waals surface area contributed by atoms with Crippen LogP contribution in [0.3, 0.4) is 0 Å². The summed E-state index contributed by atoms with van der Waals surface area (Å²) in [5.74, 6) is 0.109. The van der Waals surface area contributed by atoms with Crippen LogP contribution >= 0.6 is 11.6 Å². The average molecular weight is 355 g/mol. The quantitative estimate of drug-likeness (QED) is 0.650. The monoisotopic (exact) mass is 354 g/mol. The first-order valence-corrected chi connectivity index (χ1v) is 7.92. The number of methoxy groups -OCH3 is 1. The lowest BCUT2D eigenvalue weighted by atomic mass is 10.0. The molecule has 0 spiro atoms. The molecule has 3 aromatic rings. The third-order valence-electron chi connectivity index (χ3n) is 3.74. The summed E-state index contributed by atoms with van der Waals surface area (Å²) < 4.78 is 6.60. The summed E-state index contributed by atoms with van der Waals surface area (Å²) in [6.45, 7) is 1.39. The number of Topliss-reactive ketones (excluding diaryl/α,β-unsaturated/α-hetero) is 1.